The molecule has 7 heteroatoms. The summed E-state index contributed by atoms with van der Waals surface area (Å²) in [6, 6.07) is 0. The van der Waals surface area contributed by atoms with Gasteiger partial charge in [0.25, 0.3) is 11.5 Å². The van der Waals surface area contributed by atoms with Crippen LogP contribution in [0.15, 0.2) is 17.2 Å². The summed E-state index contributed by atoms with van der Waals surface area (Å²) in [6.45, 7) is 5.35. The van der Waals surface area contributed by atoms with Crippen molar-refractivity contribution < 1.29 is 14.6 Å². The number of nitrogens with one attached hydrogen (secondary N) is 1. The van der Waals surface area contributed by atoms with Crippen molar-refractivity contribution in [3.05, 3.63) is 28.4 Å². The average molecular weight is 335 g/mol. The summed E-state index contributed by atoms with van der Waals surface area (Å²) in [5.41, 5.74) is -0.411. The average Bonchev–Trinajstić information content (AvgIpc) is 2.55. The van der Waals surface area contributed by atoms with Crippen LogP contribution in [0.3, 0.4) is 0 Å². The number of ether oxygens (including phenoxy) is 1. The zero-order chi connectivity index (χ0) is 17.3. The number of aromatic amines is 1. The van der Waals surface area contributed by atoms with E-state index in [0.29, 0.717) is 44.7 Å². The molecule has 7 nitrogen and oxygen atoms in total. The molecule has 24 heavy (non-hydrogen) atoms. The van der Waals surface area contributed by atoms with E-state index >= 15 is 0 Å². The second-order valence-electron chi connectivity index (χ2n) is 7.27. The first kappa shape index (κ1) is 17.1. The summed E-state index contributed by atoms with van der Waals surface area (Å²) in [5.74, 6) is 0.180. The molecule has 0 unspecified atom stereocenters. The Hall–Kier alpha value is -1.73. The molecule has 1 amide bonds. The maximum Gasteiger partial charge on any atom is 0.273 e. The molecule has 3 rings (SSSR count). The van der Waals surface area contributed by atoms with Gasteiger partial charge in [0, 0.05) is 25.7 Å². The third-order valence-electron chi connectivity index (χ3n) is 5.11. The lowest BCUT2D eigenvalue weighted by molar-refractivity contribution is -0.190. The summed E-state index contributed by atoms with van der Waals surface area (Å²) in [5, 5.41) is 10.2. The lowest BCUT2D eigenvalue weighted by Crippen LogP contribution is -2.54. The van der Waals surface area contributed by atoms with Crippen LogP contribution >= 0.6 is 0 Å². The number of hydrogen-bond acceptors (Lipinski definition) is 5. The van der Waals surface area contributed by atoms with E-state index in [1.54, 1.807) is 4.90 Å². The van der Waals surface area contributed by atoms with Gasteiger partial charge in [-0.1, -0.05) is 13.8 Å². The SMILES string of the molecule is CC(C)[C@H]1C[C@@H](O)CC2(CCN(C(=O)c3c[nH]c(=O)cn3)CC2)O1. The van der Waals surface area contributed by atoms with E-state index in [0.717, 1.165) is 6.20 Å². The van der Waals surface area contributed by atoms with Crippen molar-refractivity contribution in [2.75, 3.05) is 13.1 Å². The van der Waals surface area contributed by atoms with Crippen LogP contribution in [0.2, 0.25) is 0 Å². The Bertz CT molecular complexity index is 629. The van der Waals surface area contributed by atoms with E-state index in [9.17, 15) is 14.7 Å². The van der Waals surface area contributed by atoms with Crippen molar-refractivity contribution in [3.63, 3.8) is 0 Å². The Kier molecular flexibility index (Phi) is 4.73. The summed E-state index contributed by atoms with van der Waals surface area (Å²) in [4.78, 5) is 31.6. The van der Waals surface area contributed by atoms with Crippen molar-refractivity contribution in [1.82, 2.24) is 14.9 Å². The summed E-state index contributed by atoms with van der Waals surface area (Å²) < 4.78 is 6.34. The van der Waals surface area contributed by atoms with Crippen LogP contribution in [0, 0.1) is 5.92 Å². The van der Waals surface area contributed by atoms with Crippen molar-refractivity contribution in [2.24, 2.45) is 5.92 Å². The number of carbonyl (C=O) groups excluding carboxylic acids is 1. The van der Waals surface area contributed by atoms with Crippen LogP contribution in [-0.2, 0) is 4.74 Å². The Morgan fingerprint density at radius 1 is 1.46 bits per heavy atom. The maximum absolute atomic E-state index is 12.5. The highest BCUT2D eigenvalue weighted by atomic mass is 16.5. The molecule has 132 valence electrons. The monoisotopic (exact) mass is 335 g/mol. The molecule has 2 aliphatic heterocycles. The van der Waals surface area contributed by atoms with E-state index in [2.05, 4.69) is 23.8 Å². The number of aliphatic hydroxyl groups is 1. The topological polar surface area (TPSA) is 95.5 Å². The number of amides is 1. The molecule has 2 atom stereocenters. The van der Waals surface area contributed by atoms with Gasteiger partial charge in [0.2, 0.25) is 0 Å². The Balaban J connectivity index is 1.65. The molecule has 0 aliphatic carbocycles. The number of hydrogen-bond donors (Lipinski definition) is 2. The van der Waals surface area contributed by atoms with Crippen LogP contribution in [0.4, 0.5) is 0 Å². The predicted molar refractivity (Wildman–Crippen MR) is 87.7 cm³/mol. The lowest BCUT2D eigenvalue weighted by Gasteiger charge is -2.48. The number of piperidine rings is 1. The standard InChI is InChI=1S/C17H25N3O4/c1-11(2)14-7-12(21)8-17(24-14)3-5-20(6-4-17)16(23)13-9-19-15(22)10-18-13/h9-12,14,21H,3-8H2,1-2H3,(H,19,22)/t12-,14-/m1/s1. The van der Waals surface area contributed by atoms with Crippen molar-refractivity contribution in [3.8, 4) is 0 Å². The van der Waals surface area contributed by atoms with Gasteiger partial charge in [-0.15, -0.1) is 0 Å². The molecule has 1 aromatic rings. The normalized spacial score (nSPS) is 26.8. The number of aromatic nitrogens is 2. The van der Waals surface area contributed by atoms with Gasteiger partial charge < -0.3 is 19.7 Å². The van der Waals surface area contributed by atoms with Crippen molar-refractivity contribution in [2.45, 2.75) is 57.3 Å². The number of rotatable bonds is 2. The zero-order valence-corrected chi connectivity index (χ0v) is 14.2. The molecule has 0 aromatic carbocycles. The highest BCUT2D eigenvalue weighted by Gasteiger charge is 2.44. The summed E-state index contributed by atoms with van der Waals surface area (Å²) in [6.07, 6.45) is 4.94. The van der Waals surface area contributed by atoms with Crippen LogP contribution in [0.5, 0.6) is 0 Å². The van der Waals surface area contributed by atoms with E-state index in [4.69, 9.17) is 4.74 Å². The largest absolute Gasteiger partial charge is 0.393 e. The minimum atomic E-state index is -0.339. The number of nitrogens with zero attached hydrogens (tertiary/aromatic N) is 2. The van der Waals surface area contributed by atoms with Gasteiger partial charge in [-0.25, -0.2) is 4.98 Å². The molecular formula is C17H25N3O4. The van der Waals surface area contributed by atoms with Gasteiger partial charge in [-0.2, -0.15) is 0 Å². The van der Waals surface area contributed by atoms with Gasteiger partial charge in [-0.3, -0.25) is 9.59 Å². The Labute approximate surface area is 141 Å². The molecule has 3 heterocycles. The Morgan fingerprint density at radius 2 is 2.17 bits per heavy atom. The van der Waals surface area contributed by atoms with Crippen molar-refractivity contribution in [1.29, 1.82) is 0 Å². The quantitative estimate of drug-likeness (QED) is 0.839. The number of carbonyl (C=O) groups is 1. The van der Waals surface area contributed by atoms with Crippen LogP contribution in [0.1, 0.15) is 50.0 Å². The molecule has 1 aromatic heterocycles. The third kappa shape index (κ3) is 3.52. The number of H-pyrrole nitrogens is 1. The number of aliphatic hydroxyl groups excluding tert-OH is 1. The fourth-order valence-corrected chi connectivity index (χ4v) is 3.67. The first-order valence-corrected chi connectivity index (χ1v) is 8.58. The minimum absolute atomic E-state index is 0.0665. The molecule has 2 saturated heterocycles. The second-order valence-corrected chi connectivity index (χ2v) is 7.27. The lowest BCUT2D eigenvalue weighted by atomic mass is 9.80. The molecule has 2 N–H and O–H groups in total. The van der Waals surface area contributed by atoms with E-state index < -0.39 is 0 Å². The second kappa shape index (κ2) is 6.64. The van der Waals surface area contributed by atoms with Gasteiger partial charge in [-0.05, 0) is 25.2 Å². The van der Waals surface area contributed by atoms with Crippen molar-refractivity contribution >= 4 is 5.91 Å². The molecule has 0 saturated carbocycles. The van der Waals surface area contributed by atoms with E-state index in [-0.39, 0.29) is 35.0 Å². The highest BCUT2D eigenvalue weighted by molar-refractivity contribution is 5.92. The van der Waals surface area contributed by atoms with Gasteiger partial charge >= 0.3 is 0 Å². The third-order valence-corrected chi connectivity index (χ3v) is 5.11. The molecule has 1 spiro atoms. The first-order valence-electron chi connectivity index (χ1n) is 8.58. The fourth-order valence-electron chi connectivity index (χ4n) is 3.67. The van der Waals surface area contributed by atoms with E-state index in [1.165, 1.54) is 6.20 Å². The number of likely N-dealkylation sites (tertiary alicyclic amines) is 1. The molecule has 0 bridgehead atoms. The summed E-state index contributed by atoms with van der Waals surface area (Å²) >= 11 is 0. The van der Waals surface area contributed by atoms with Crippen LogP contribution in [-0.4, -0.2) is 56.8 Å². The Morgan fingerprint density at radius 3 is 2.75 bits per heavy atom. The minimum Gasteiger partial charge on any atom is -0.393 e. The smallest absolute Gasteiger partial charge is 0.273 e. The first-order chi connectivity index (χ1) is 11.4. The van der Waals surface area contributed by atoms with Crippen LogP contribution < -0.4 is 5.56 Å². The zero-order valence-electron chi connectivity index (χ0n) is 14.2. The predicted octanol–water partition coefficient (Wildman–Crippen LogP) is 0.941. The molecule has 2 aliphatic rings. The van der Waals surface area contributed by atoms with Gasteiger partial charge in [0.05, 0.1) is 24.0 Å². The molecular weight excluding hydrogens is 310 g/mol. The van der Waals surface area contributed by atoms with Crippen LogP contribution in [0.25, 0.3) is 0 Å². The molecule has 2 fully saturated rings. The molecule has 0 radical (unpaired) electrons. The maximum atomic E-state index is 12.5. The van der Waals surface area contributed by atoms with E-state index in [1.807, 2.05) is 0 Å². The fraction of sp³-hybridized carbons (Fsp3) is 0.706. The highest BCUT2D eigenvalue weighted by Crippen LogP contribution is 2.39. The van der Waals surface area contributed by atoms with Gasteiger partial charge in [0.15, 0.2) is 0 Å². The summed E-state index contributed by atoms with van der Waals surface area (Å²) in [7, 11) is 0. The van der Waals surface area contributed by atoms with Gasteiger partial charge in [0.1, 0.15) is 5.69 Å².